The number of nitrogens with zero attached hydrogens (tertiary/aromatic N) is 1. The monoisotopic (exact) mass is 358 g/mol. The third-order valence-electron chi connectivity index (χ3n) is 3.90. The lowest BCUT2D eigenvalue weighted by Crippen LogP contribution is -2.23. The first-order valence-corrected chi connectivity index (χ1v) is 8.08. The van der Waals surface area contributed by atoms with Gasteiger partial charge in [-0.3, -0.25) is 10.1 Å². The molecule has 128 valence electrons. The fourth-order valence-corrected chi connectivity index (χ4v) is 2.89. The minimum atomic E-state index is -0.996. The summed E-state index contributed by atoms with van der Waals surface area (Å²) in [5.74, 6) is 0. The van der Waals surface area contributed by atoms with E-state index in [0.29, 0.717) is 5.39 Å². The summed E-state index contributed by atoms with van der Waals surface area (Å²) < 4.78 is 5.05. The number of hydrogen-bond donors (Lipinski definition) is 1. The van der Waals surface area contributed by atoms with Crippen molar-refractivity contribution >= 4 is 33.9 Å². The van der Waals surface area contributed by atoms with E-state index in [0.717, 1.165) is 5.56 Å². The predicted molar refractivity (Wildman–Crippen MR) is 97.3 cm³/mol. The van der Waals surface area contributed by atoms with Gasteiger partial charge in [0.05, 0.1) is 10.3 Å². The normalized spacial score (nSPS) is 13.4. The van der Waals surface area contributed by atoms with Crippen LogP contribution in [0.25, 0.3) is 11.0 Å². The molecule has 0 radical (unpaired) electrons. The molecule has 2 atom stereocenters. The van der Waals surface area contributed by atoms with E-state index in [2.05, 4.69) is 5.32 Å². The Morgan fingerprint density at radius 3 is 2.44 bits per heavy atom. The van der Waals surface area contributed by atoms with Crippen LogP contribution in [0.2, 0.25) is 0 Å². The minimum absolute atomic E-state index is 0.117. The number of halogens is 1. The zero-order valence-corrected chi connectivity index (χ0v) is 14.1. The van der Waals surface area contributed by atoms with Crippen LogP contribution in [0.5, 0.6) is 0 Å². The Balaban J connectivity index is 2.07. The van der Waals surface area contributed by atoms with Crippen LogP contribution in [0.3, 0.4) is 0 Å². The number of anilines is 1. The van der Waals surface area contributed by atoms with Gasteiger partial charge in [-0.05, 0) is 24.6 Å². The number of benzene rings is 2. The highest BCUT2D eigenvalue weighted by molar-refractivity contribution is 6.21. The van der Waals surface area contributed by atoms with Gasteiger partial charge in [0.25, 0.3) is 0 Å². The fourth-order valence-electron chi connectivity index (χ4n) is 2.68. The van der Waals surface area contributed by atoms with Gasteiger partial charge < -0.3 is 9.73 Å². The molecule has 0 fully saturated rings. The van der Waals surface area contributed by atoms with Crippen LogP contribution in [0.4, 0.5) is 11.4 Å². The number of rotatable bonds is 5. The summed E-state index contributed by atoms with van der Waals surface area (Å²) in [6, 6.07) is 15.7. The highest BCUT2D eigenvalue weighted by Crippen LogP contribution is 2.33. The second-order valence-electron chi connectivity index (χ2n) is 5.61. The van der Waals surface area contributed by atoms with Gasteiger partial charge >= 0.3 is 11.3 Å². The molecule has 25 heavy (non-hydrogen) atoms. The summed E-state index contributed by atoms with van der Waals surface area (Å²) in [5.41, 5.74) is -0.352. The van der Waals surface area contributed by atoms with E-state index in [-0.39, 0.29) is 17.3 Å². The summed E-state index contributed by atoms with van der Waals surface area (Å²) in [7, 11) is 0. The van der Waals surface area contributed by atoms with Crippen molar-refractivity contribution in [1.82, 2.24) is 0 Å². The average Bonchev–Trinajstić information content (AvgIpc) is 2.61. The summed E-state index contributed by atoms with van der Waals surface area (Å²) in [4.78, 5) is 22.7. The van der Waals surface area contributed by atoms with Gasteiger partial charge in [-0.15, -0.1) is 11.6 Å². The number of nitrogens with one attached hydrogen (secondary N) is 1. The Labute approximate surface area is 148 Å². The number of fused-ring (bicyclic) bond motifs is 1. The van der Waals surface area contributed by atoms with Crippen LogP contribution in [-0.4, -0.2) is 11.0 Å². The van der Waals surface area contributed by atoms with E-state index in [4.69, 9.17) is 16.0 Å². The minimum Gasteiger partial charge on any atom is -0.418 e. The predicted octanol–water partition coefficient (Wildman–Crippen LogP) is 4.48. The molecule has 0 bridgehead atoms. The lowest BCUT2D eigenvalue weighted by molar-refractivity contribution is -0.386. The van der Waals surface area contributed by atoms with Crippen molar-refractivity contribution in [3.8, 4) is 0 Å². The van der Waals surface area contributed by atoms with Gasteiger partial charge in [-0.2, -0.15) is 0 Å². The van der Waals surface area contributed by atoms with Crippen LogP contribution < -0.4 is 10.9 Å². The molecule has 1 N–H and O–H groups in total. The Morgan fingerprint density at radius 1 is 1.12 bits per heavy atom. The summed E-state index contributed by atoms with van der Waals surface area (Å²) in [6.07, 6.45) is 0. The third kappa shape index (κ3) is 3.34. The van der Waals surface area contributed by atoms with Crippen LogP contribution in [0.1, 0.15) is 17.9 Å². The van der Waals surface area contributed by atoms with Crippen molar-refractivity contribution in [3.63, 3.8) is 0 Å². The van der Waals surface area contributed by atoms with E-state index < -0.39 is 21.6 Å². The molecule has 0 spiro atoms. The van der Waals surface area contributed by atoms with Crippen LogP contribution in [0.15, 0.2) is 63.8 Å². The summed E-state index contributed by atoms with van der Waals surface area (Å²) in [6.45, 7) is 1.80. The van der Waals surface area contributed by atoms with Gasteiger partial charge in [0.1, 0.15) is 11.3 Å². The molecule has 1 heterocycles. The molecule has 7 heteroatoms. The lowest BCUT2D eigenvalue weighted by Gasteiger charge is -2.21. The van der Waals surface area contributed by atoms with E-state index >= 15 is 0 Å². The molecule has 6 nitrogen and oxygen atoms in total. The molecular weight excluding hydrogens is 344 g/mol. The number of hydrogen-bond acceptors (Lipinski definition) is 5. The van der Waals surface area contributed by atoms with Crippen molar-refractivity contribution < 1.29 is 9.34 Å². The average molecular weight is 359 g/mol. The van der Waals surface area contributed by atoms with Crippen molar-refractivity contribution in [3.05, 3.63) is 80.7 Å². The molecule has 2 aromatic carbocycles. The first-order valence-electron chi connectivity index (χ1n) is 7.65. The molecule has 3 aromatic rings. The van der Waals surface area contributed by atoms with Gasteiger partial charge in [-0.1, -0.05) is 42.5 Å². The zero-order valence-electron chi connectivity index (χ0n) is 13.3. The number of alkyl halides is 1. The maximum atomic E-state index is 12.0. The molecule has 3 rings (SSSR count). The first kappa shape index (κ1) is 17.0. The van der Waals surface area contributed by atoms with E-state index in [1.807, 2.05) is 30.3 Å². The first-order chi connectivity index (χ1) is 12.0. The van der Waals surface area contributed by atoms with Gasteiger partial charge in [0.2, 0.25) is 0 Å². The van der Waals surface area contributed by atoms with Crippen LogP contribution in [0, 0.1) is 10.1 Å². The molecule has 0 aliphatic heterocycles. The maximum absolute atomic E-state index is 12.0. The van der Waals surface area contributed by atoms with Gasteiger partial charge in [-0.25, -0.2) is 4.79 Å². The van der Waals surface area contributed by atoms with Crippen molar-refractivity contribution in [1.29, 1.82) is 0 Å². The SMILES string of the molecule is CC(Nc1c([N+](=O)[O-])c(=O)oc2ccccc12)C(Cl)c1ccccc1. The largest absolute Gasteiger partial charge is 0.418 e. The second-order valence-corrected chi connectivity index (χ2v) is 6.08. The third-order valence-corrected chi connectivity index (χ3v) is 4.53. The highest BCUT2D eigenvalue weighted by atomic mass is 35.5. The Kier molecular flexibility index (Phi) is 4.72. The molecule has 0 aliphatic carbocycles. The van der Waals surface area contributed by atoms with E-state index in [1.165, 1.54) is 0 Å². The molecular formula is C18H15ClN2O4. The number of para-hydroxylation sites is 1. The van der Waals surface area contributed by atoms with Crippen LogP contribution in [-0.2, 0) is 0 Å². The molecule has 0 saturated heterocycles. The molecule has 1 aromatic heterocycles. The zero-order chi connectivity index (χ0) is 18.0. The Bertz CT molecular complexity index is 972. The fraction of sp³-hybridized carbons (Fsp3) is 0.167. The van der Waals surface area contributed by atoms with Gasteiger partial charge in [0, 0.05) is 11.4 Å². The van der Waals surface area contributed by atoms with E-state index in [9.17, 15) is 14.9 Å². The standard InChI is InChI=1S/C18H15ClN2O4/c1-11(15(19)12-7-3-2-4-8-12)20-16-13-9-5-6-10-14(13)25-18(22)17(16)21(23)24/h2-11,15,20H,1H3. The summed E-state index contributed by atoms with van der Waals surface area (Å²) >= 11 is 6.50. The lowest BCUT2D eigenvalue weighted by atomic mass is 10.1. The molecule has 2 unspecified atom stereocenters. The quantitative estimate of drug-likeness (QED) is 0.314. The van der Waals surface area contributed by atoms with Gasteiger partial charge in [0.15, 0.2) is 0 Å². The summed E-state index contributed by atoms with van der Waals surface area (Å²) in [5, 5.41) is 14.4. The van der Waals surface area contributed by atoms with Crippen molar-refractivity contribution in [2.24, 2.45) is 0 Å². The van der Waals surface area contributed by atoms with Crippen molar-refractivity contribution in [2.45, 2.75) is 18.3 Å². The molecule has 0 amide bonds. The van der Waals surface area contributed by atoms with Crippen molar-refractivity contribution in [2.75, 3.05) is 5.32 Å². The Morgan fingerprint density at radius 2 is 1.76 bits per heavy atom. The van der Waals surface area contributed by atoms with Crippen LogP contribution >= 0.6 is 11.6 Å². The smallest absolute Gasteiger partial charge is 0.417 e. The Hall–Kier alpha value is -2.86. The van der Waals surface area contributed by atoms with E-state index in [1.54, 1.807) is 31.2 Å². The highest BCUT2D eigenvalue weighted by Gasteiger charge is 2.27. The molecule has 0 saturated carbocycles. The molecule has 0 aliphatic rings. The second kappa shape index (κ2) is 6.94. The topological polar surface area (TPSA) is 85.4 Å². The number of nitro groups is 1. The maximum Gasteiger partial charge on any atom is 0.417 e.